The highest BCUT2D eigenvalue weighted by Crippen LogP contribution is 2.34. The van der Waals surface area contributed by atoms with E-state index in [9.17, 15) is 13.2 Å². The van der Waals surface area contributed by atoms with Crippen LogP contribution in [0.2, 0.25) is 0 Å². The van der Waals surface area contributed by atoms with E-state index in [-0.39, 0.29) is 16.6 Å². The zero-order valence-corrected chi connectivity index (χ0v) is 18.0. The SMILES string of the molecule is N=C(N)c1cccc(C=CC(=O)N2CCc3cc(-c4ccccc4S(N)(=O)=O)ccc32)c1. The van der Waals surface area contributed by atoms with Gasteiger partial charge in [-0.05, 0) is 53.5 Å². The molecule has 7 nitrogen and oxygen atoms in total. The van der Waals surface area contributed by atoms with Crippen LogP contribution >= 0.6 is 0 Å². The Balaban J connectivity index is 1.59. The molecule has 0 unspecified atom stereocenters. The molecule has 3 aromatic rings. The Hall–Kier alpha value is -3.75. The van der Waals surface area contributed by atoms with E-state index >= 15 is 0 Å². The van der Waals surface area contributed by atoms with Gasteiger partial charge in [0.1, 0.15) is 5.84 Å². The lowest BCUT2D eigenvalue weighted by Gasteiger charge is -2.16. The summed E-state index contributed by atoms with van der Waals surface area (Å²) >= 11 is 0. The van der Waals surface area contributed by atoms with Crippen molar-refractivity contribution in [1.82, 2.24) is 0 Å². The smallest absolute Gasteiger partial charge is 0.251 e. The zero-order chi connectivity index (χ0) is 22.9. The number of nitrogens with zero attached hydrogens (tertiary/aromatic N) is 1. The lowest BCUT2D eigenvalue weighted by molar-refractivity contribution is -0.114. The molecule has 32 heavy (non-hydrogen) atoms. The maximum atomic E-state index is 12.8. The second-order valence-electron chi connectivity index (χ2n) is 7.50. The molecule has 1 aliphatic heterocycles. The molecule has 0 atom stereocenters. The Kier molecular flexibility index (Phi) is 5.65. The Morgan fingerprint density at radius 1 is 1.03 bits per heavy atom. The van der Waals surface area contributed by atoms with E-state index in [1.807, 2.05) is 18.2 Å². The molecule has 8 heteroatoms. The number of hydrogen-bond donors (Lipinski definition) is 3. The number of benzene rings is 3. The highest BCUT2D eigenvalue weighted by molar-refractivity contribution is 7.89. The fourth-order valence-electron chi connectivity index (χ4n) is 3.82. The maximum Gasteiger partial charge on any atom is 0.251 e. The standard InChI is InChI=1S/C24H22N4O3S/c25-24(26)19-5-3-4-16(14-19)8-11-23(29)28-13-12-18-15-17(9-10-21(18)28)20-6-1-2-7-22(20)32(27,30)31/h1-11,14-15H,12-13H2,(H3,25,26)(H2,27,30,31). The predicted octanol–water partition coefficient (Wildman–Crippen LogP) is 2.89. The minimum Gasteiger partial charge on any atom is -0.384 e. The quantitative estimate of drug-likeness (QED) is 0.316. The number of primary sulfonamides is 1. The van der Waals surface area contributed by atoms with Gasteiger partial charge in [-0.1, -0.05) is 42.5 Å². The Morgan fingerprint density at radius 3 is 2.56 bits per heavy atom. The number of carbonyl (C=O) groups excluding carboxylic acids is 1. The molecule has 1 amide bonds. The van der Waals surface area contributed by atoms with Crippen LogP contribution < -0.4 is 15.8 Å². The topological polar surface area (TPSA) is 130 Å². The van der Waals surface area contributed by atoms with Gasteiger partial charge in [-0.15, -0.1) is 0 Å². The Bertz CT molecular complexity index is 1360. The first-order valence-corrected chi connectivity index (χ1v) is 11.5. The third-order valence-electron chi connectivity index (χ3n) is 5.36. The number of nitrogens with two attached hydrogens (primary N) is 2. The Labute approximate surface area is 186 Å². The first-order valence-electron chi connectivity index (χ1n) is 9.93. The fourth-order valence-corrected chi connectivity index (χ4v) is 4.58. The van der Waals surface area contributed by atoms with Gasteiger partial charge in [0, 0.05) is 29.4 Å². The van der Waals surface area contributed by atoms with Crippen molar-refractivity contribution in [3.63, 3.8) is 0 Å². The van der Waals surface area contributed by atoms with Crippen molar-refractivity contribution < 1.29 is 13.2 Å². The van der Waals surface area contributed by atoms with E-state index in [1.165, 1.54) is 12.1 Å². The van der Waals surface area contributed by atoms with Crippen LogP contribution in [0.25, 0.3) is 17.2 Å². The highest BCUT2D eigenvalue weighted by Gasteiger charge is 2.24. The molecule has 0 bridgehead atoms. The van der Waals surface area contributed by atoms with Gasteiger partial charge < -0.3 is 10.6 Å². The molecular formula is C24H22N4O3S. The summed E-state index contributed by atoms with van der Waals surface area (Å²) in [7, 11) is -3.86. The molecule has 5 N–H and O–H groups in total. The molecule has 0 saturated heterocycles. The van der Waals surface area contributed by atoms with Crippen molar-refractivity contribution in [2.45, 2.75) is 11.3 Å². The number of anilines is 1. The normalized spacial score (nSPS) is 13.3. The van der Waals surface area contributed by atoms with E-state index in [0.717, 1.165) is 22.4 Å². The number of sulfonamides is 1. The molecule has 0 saturated carbocycles. The zero-order valence-electron chi connectivity index (χ0n) is 17.2. The van der Waals surface area contributed by atoms with Gasteiger partial charge in [0.2, 0.25) is 10.0 Å². The van der Waals surface area contributed by atoms with Crippen molar-refractivity contribution in [1.29, 1.82) is 5.41 Å². The summed E-state index contributed by atoms with van der Waals surface area (Å²) in [5.41, 5.74) is 9.93. The molecule has 4 rings (SSSR count). The van der Waals surface area contributed by atoms with Crippen LogP contribution in [0.1, 0.15) is 16.7 Å². The minimum atomic E-state index is -3.86. The summed E-state index contributed by atoms with van der Waals surface area (Å²) in [6, 6.07) is 19.3. The largest absolute Gasteiger partial charge is 0.384 e. The summed E-state index contributed by atoms with van der Waals surface area (Å²) < 4.78 is 23.9. The monoisotopic (exact) mass is 446 g/mol. The van der Waals surface area contributed by atoms with Crippen molar-refractivity contribution in [3.8, 4) is 11.1 Å². The minimum absolute atomic E-state index is 0.0279. The van der Waals surface area contributed by atoms with Gasteiger partial charge in [-0.3, -0.25) is 10.2 Å². The lowest BCUT2D eigenvalue weighted by atomic mass is 10.0. The van der Waals surface area contributed by atoms with E-state index in [2.05, 4.69) is 0 Å². The summed E-state index contributed by atoms with van der Waals surface area (Å²) in [4.78, 5) is 14.6. The van der Waals surface area contributed by atoms with E-state index in [0.29, 0.717) is 24.1 Å². The van der Waals surface area contributed by atoms with Crippen LogP contribution in [0.5, 0.6) is 0 Å². The Morgan fingerprint density at radius 2 is 1.81 bits per heavy atom. The van der Waals surface area contributed by atoms with Crippen LogP contribution in [0.15, 0.2) is 77.7 Å². The number of amides is 1. The highest BCUT2D eigenvalue weighted by atomic mass is 32.2. The van der Waals surface area contributed by atoms with Gasteiger partial charge in [0.05, 0.1) is 4.90 Å². The number of amidine groups is 1. The van der Waals surface area contributed by atoms with Crippen LogP contribution in [0.3, 0.4) is 0 Å². The molecule has 0 aliphatic carbocycles. The number of nitrogen functional groups attached to an aromatic ring is 1. The number of rotatable bonds is 5. The van der Waals surface area contributed by atoms with Crippen LogP contribution in [0.4, 0.5) is 5.69 Å². The van der Waals surface area contributed by atoms with E-state index in [1.54, 1.807) is 53.4 Å². The summed E-state index contributed by atoms with van der Waals surface area (Å²) in [6.07, 6.45) is 3.86. The molecule has 0 radical (unpaired) electrons. The van der Waals surface area contributed by atoms with Crippen molar-refractivity contribution in [2.75, 3.05) is 11.4 Å². The van der Waals surface area contributed by atoms with Crippen molar-refractivity contribution >= 4 is 33.5 Å². The molecular weight excluding hydrogens is 424 g/mol. The average Bonchev–Trinajstić information content (AvgIpc) is 3.20. The molecule has 0 fully saturated rings. The van der Waals surface area contributed by atoms with E-state index < -0.39 is 10.0 Å². The number of fused-ring (bicyclic) bond motifs is 1. The van der Waals surface area contributed by atoms with Gasteiger partial charge in [0.15, 0.2) is 0 Å². The van der Waals surface area contributed by atoms with Crippen molar-refractivity contribution in [3.05, 3.63) is 89.5 Å². The second-order valence-corrected chi connectivity index (χ2v) is 9.03. The average molecular weight is 447 g/mol. The molecule has 0 aromatic heterocycles. The van der Waals surface area contributed by atoms with E-state index in [4.69, 9.17) is 16.3 Å². The van der Waals surface area contributed by atoms with Gasteiger partial charge in [0.25, 0.3) is 5.91 Å². The predicted molar refractivity (Wildman–Crippen MR) is 126 cm³/mol. The summed E-state index contributed by atoms with van der Waals surface area (Å²) in [5, 5.41) is 12.9. The summed E-state index contributed by atoms with van der Waals surface area (Å²) in [6.45, 7) is 0.534. The first kappa shape index (κ1) is 21.5. The number of carbonyl (C=O) groups is 1. The van der Waals surface area contributed by atoms with Gasteiger partial charge in [-0.2, -0.15) is 0 Å². The second kappa shape index (κ2) is 8.41. The number of hydrogen-bond acceptors (Lipinski definition) is 4. The molecule has 1 aliphatic rings. The molecule has 162 valence electrons. The van der Waals surface area contributed by atoms with Crippen LogP contribution in [-0.2, 0) is 21.2 Å². The van der Waals surface area contributed by atoms with Gasteiger partial charge in [-0.25, -0.2) is 13.6 Å². The van der Waals surface area contributed by atoms with Crippen LogP contribution in [-0.4, -0.2) is 26.7 Å². The third-order valence-corrected chi connectivity index (χ3v) is 6.33. The van der Waals surface area contributed by atoms with Gasteiger partial charge >= 0.3 is 0 Å². The lowest BCUT2D eigenvalue weighted by Crippen LogP contribution is -2.26. The molecule has 3 aromatic carbocycles. The maximum absolute atomic E-state index is 12.8. The summed E-state index contributed by atoms with van der Waals surface area (Å²) in [5.74, 6) is -0.186. The number of nitrogens with one attached hydrogen (secondary N) is 1. The van der Waals surface area contributed by atoms with Crippen LogP contribution in [0, 0.1) is 5.41 Å². The molecule has 0 spiro atoms. The molecule has 1 heterocycles. The third kappa shape index (κ3) is 4.32. The first-order chi connectivity index (χ1) is 15.2. The van der Waals surface area contributed by atoms with Crippen molar-refractivity contribution in [2.24, 2.45) is 10.9 Å². The fraction of sp³-hybridized carbons (Fsp3) is 0.0833.